The van der Waals surface area contributed by atoms with E-state index in [2.05, 4.69) is 27.7 Å². The summed E-state index contributed by atoms with van der Waals surface area (Å²) in [6, 6.07) is 0. The molecule has 0 amide bonds. The van der Waals surface area contributed by atoms with Crippen molar-refractivity contribution in [1.29, 1.82) is 0 Å². The van der Waals surface area contributed by atoms with Gasteiger partial charge in [-0.2, -0.15) is 0 Å². The highest BCUT2D eigenvalue weighted by atomic mass is 15.0. The average Bonchev–Trinajstić information content (AvgIpc) is 2.10. The van der Waals surface area contributed by atoms with Crippen LogP contribution in [0, 0.1) is 51.8 Å². The molecular formula is C15H22. The number of hydrogen-bond acceptors (Lipinski definition) is 0. The molecule has 15 heavy (non-hydrogen) atoms. The lowest BCUT2D eigenvalue weighted by atomic mass is 8.99. The summed E-state index contributed by atoms with van der Waals surface area (Å²) in [4.78, 5) is 0. The minimum Gasteiger partial charge on any atom is -0.0617 e. The van der Waals surface area contributed by atoms with Gasteiger partial charge in [-0.3, -0.25) is 0 Å². The lowest BCUT2D eigenvalue weighted by Gasteiger charge is -3.04. The first kappa shape index (κ1) is 8.14. The normalized spacial score (nSPS) is 79.2. The Labute approximate surface area is 92.8 Å². The van der Waals surface area contributed by atoms with Gasteiger partial charge in [-0.25, -0.2) is 0 Å². The van der Waals surface area contributed by atoms with Crippen molar-refractivity contribution in [2.24, 2.45) is 51.8 Å². The minimum atomic E-state index is 0.670. The van der Waals surface area contributed by atoms with Gasteiger partial charge in [-0.05, 0) is 64.6 Å². The Hall–Kier alpha value is 0. The Morgan fingerprint density at radius 1 is 0.933 bits per heavy atom. The Morgan fingerprint density at radius 3 is 2.27 bits per heavy atom. The van der Waals surface area contributed by atoms with E-state index in [1.807, 2.05) is 0 Å². The molecule has 0 heteroatoms. The third-order valence-corrected chi connectivity index (χ3v) is 8.72. The topological polar surface area (TPSA) is 0 Å². The predicted octanol–water partition coefficient (Wildman–Crippen LogP) is 3.57. The molecule has 8 unspecified atom stereocenters. The van der Waals surface area contributed by atoms with Gasteiger partial charge < -0.3 is 0 Å². The number of rotatable bonds is 0. The number of fused-ring (bicyclic) bond motifs is 1. The van der Waals surface area contributed by atoms with Crippen LogP contribution >= 0.6 is 0 Å². The van der Waals surface area contributed by atoms with Gasteiger partial charge in [0.15, 0.2) is 0 Å². The van der Waals surface area contributed by atoms with Crippen LogP contribution in [0.15, 0.2) is 0 Å². The van der Waals surface area contributed by atoms with E-state index in [1.165, 1.54) is 17.8 Å². The van der Waals surface area contributed by atoms with Gasteiger partial charge in [0.1, 0.15) is 0 Å². The maximum absolute atomic E-state index is 2.58. The summed E-state index contributed by atoms with van der Waals surface area (Å²) in [5.41, 5.74) is 2.45. The molecule has 0 saturated heterocycles. The second-order valence-corrected chi connectivity index (χ2v) is 8.01. The van der Waals surface area contributed by atoms with Crippen molar-refractivity contribution in [3.63, 3.8) is 0 Å². The molecule has 5 aliphatic carbocycles. The lowest BCUT2D eigenvalue weighted by Crippen LogP contribution is -3.00. The standard InChI is InChI=1S/C15H22/c1-7-10-5-9-6-11-12-8(2)13(3,4)15(7,12)14(9,10)11/h7-12H,5-6H2,1-4H3. The lowest BCUT2D eigenvalue weighted by molar-refractivity contribution is -0.577. The quantitative estimate of drug-likeness (QED) is 0.563. The van der Waals surface area contributed by atoms with Crippen LogP contribution in [-0.2, 0) is 0 Å². The van der Waals surface area contributed by atoms with Crippen LogP contribution in [0.25, 0.3) is 0 Å². The second-order valence-electron chi connectivity index (χ2n) is 8.01. The third kappa shape index (κ3) is 0.368. The molecule has 0 heterocycles. The zero-order valence-corrected chi connectivity index (χ0v) is 10.4. The molecule has 8 atom stereocenters. The molecule has 0 aromatic carbocycles. The van der Waals surface area contributed by atoms with Crippen molar-refractivity contribution in [3.8, 4) is 0 Å². The van der Waals surface area contributed by atoms with Gasteiger partial charge >= 0.3 is 0 Å². The van der Waals surface area contributed by atoms with Gasteiger partial charge in [0, 0.05) is 0 Å². The summed E-state index contributed by atoms with van der Waals surface area (Å²) in [5, 5.41) is 0. The summed E-state index contributed by atoms with van der Waals surface area (Å²) in [6.45, 7) is 10.3. The van der Waals surface area contributed by atoms with Gasteiger partial charge in [0.2, 0.25) is 0 Å². The fourth-order valence-corrected chi connectivity index (χ4v) is 8.54. The molecule has 0 aromatic rings. The van der Waals surface area contributed by atoms with Crippen molar-refractivity contribution >= 4 is 0 Å². The maximum atomic E-state index is 2.58. The fourth-order valence-electron chi connectivity index (χ4n) is 8.54. The molecule has 5 fully saturated rings. The van der Waals surface area contributed by atoms with E-state index >= 15 is 0 Å². The highest BCUT2D eigenvalue weighted by Gasteiger charge is 3.00. The third-order valence-electron chi connectivity index (χ3n) is 8.72. The van der Waals surface area contributed by atoms with Crippen LogP contribution in [0.5, 0.6) is 0 Å². The molecule has 0 aliphatic heterocycles. The Kier molecular flexibility index (Phi) is 0.890. The fraction of sp³-hybridized carbons (Fsp3) is 1.00. The summed E-state index contributed by atoms with van der Waals surface area (Å²) >= 11 is 0. The van der Waals surface area contributed by atoms with Gasteiger partial charge in [0.25, 0.3) is 0 Å². The summed E-state index contributed by atoms with van der Waals surface area (Å²) in [7, 11) is 0. The molecule has 0 N–H and O–H groups in total. The van der Waals surface area contributed by atoms with Crippen LogP contribution < -0.4 is 0 Å². The van der Waals surface area contributed by atoms with Crippen molar-refractivity contribution in [1.82, 2.24) is 0 Å². The van der Waals surface area contributed by atoms with Crippen LogP contribution in [0.2, 0.25) is 0 Å². The molecule has 5 saturated carbocycles. The molecule has 5 aliphatic rings. The van der Waals surface area contributed by atoms with Crippen LogP contribution in [0.1, 0.15) is 40.5 Å². The SMILES string of the molecule is CC1C2C3CC4CC5C(C)C2(C1(C)C)C453. The van der Waals surface area contributed by atoms with Gasteiger partial charge in [-0.1, -0.05) is 27.7 Å². The highest BCUT2D eigenvalue weighted by Crippen LogP contribution is 3.04. The first-order valence-electron chi connectivity index (χ1n) is 7.02. The number of hydrogen-bond donors (Lipinski definition) is 0. The first-order valence-corrected chi connectivity index (χ1v) is 7.02. The van der Waals surface area contributed by atoms with Crippen molar-refractivity contribution in [2.45, 2.75) is 40.5 Å². The minimum absolute atomic E-state index is 0.670. The van der Waals surface area contributed by atoms with E-state index in [0.29, 0.717) is 5.41 Å². The summed E-state index contributed by atoms with van der Waals surface area (Å²) in [5.74, 6) is 6.78. The Morgan fingerprint density at radius 2 is 1.60 bits per heavy atom. The largest absolute Gasteiger partial charge is 0.0617 e. The van der Waals surface area contributed by atoms with Crippen LogP contribution in [0.4, 0.5) is 0 Å². The predicted molar refractivity (Wildman–Crippen MR) is 60.2 cm³/mol. The van der Waals surface area contributed by atoms with E-state index in [9.17, 15) is 0 Å². The molecule has 0 bridgehead atoms. The van der Waals surface area contributed by atoms with E-state index in [0.717, 1.165) is 28.6 Å². The van der Waals surface area contributed by atoms with E-state index < -0.39 is 0 Å². The summed E-state index contributed by atoms with van der Waals surface area (Å²) in [6.07, 6.45) is 3.23. The van der Waals surface area contributed by atoms with Crippen molar-refractivity contribution in [3.05, 3.63) is 0 Å². The monoisotopic (exact) mass is 202 g/mol. The smallest absolute Gasteiger partial charge is 0.0117 e. The molecule has 2 spiro atoms. The average molecular weight is 202 g/mol. The summed E-state index contributed by atoms with van der Waals surface area (Å²) < 4.78 is 0. The van der Waals surface area contributed by atoms with Crippen molar-refractivity contribution in [2.75, 3.05) is 0 Å². The zero-order chi connectivity index (χ0) is 10.4. The van der Waals surface area contributed by atoms with Crippen LogP contribution in [0.3, 0.4) is 0 Å². The highest BCUT2D eigenvalue weighted by molar-refractivity contribution is 5.47. The van der Waals surface area contributed by atoms with Gasteiger partial charge in [-0.15, -0.1) is 0 Å². The van der Waals surface area contributed by atoms with Crippen molar-refractivity contribution < 1.29 is 0 Å². The molecule has 0 radical (unpaired) electrons. The molecular weight excluding hydrogens is 180 g/mol. The zero-order valence-electron chi connectivity index (χ0n) is 10.4. The Bertz CT molecular complexity index is 395. The van der Waals surface area contributed by atoms with E-state index in [1.54, 1.807) is 12.8 Å². The molecule has 82 valence electrons. The molecule has 5 rings (SSSR count). The van der Waals surface area contributed by atoms with E-state index in [4.69, 9.17) is 0 Å². The molecule has 0 aromatic heterocycles. The van der Waals surface area contributed by atoms with Gasteiger partial charge in [0.05, 0.1) is 0 Å². The first-order chi connectivity index (χ1) is 7.02. The molecule has 0 nitrogen and oxygen atoms in total. The maximum Gasteiger partial charge on any atom is -0.0117 e. The van der Waals surface area contributed by atoms with E-state index in [-0.39, 0.29) is 0 Å². The second kappa shape index (κ2) is 1.64. The Balaban J connectivity index is 1.71. The van der Waals surface area contributed by atoms with Crippen LogP contribution in [-0.4, -0.2) is 0 Å².